The number of amides is 2. The number of hydrogen-bond acceptors (Lipinski definition) is 10. The Morgan fingerprint density at radius 3 is 2.71 bits per heavy atom. The van der Waals surface area contributed by atoms with Crippen LogP contribution in [0.5, 0.6) is 11.8 Å². The fraction of sp³-hybridized carbons (Fsp3) is 0.558. The van der Waals surface area contributed by atoms with Gasteiger partial charge in [-0.25, -0.2) is 27.2 Å². The summed E-state index contributed by atoms with van der Waals surface area (Å²) in [7, 11) is 0. The van der Waals surface area contributed by atoms with E-state index in [1.54, 1.807) is 26.0 Å². The van der Waals surface area contributed by atoms with E-state index < -0.39 is 59.6 Å². The molecular formula is C43H49F4N7O5. The lowest BCUT2D eigenvalue weighted by molar-refractivity contribution is -0.0934. The van der Waals surface area contributed by atoms with Crippen molar-refractivity contribution in [2.24, 2.45) is 0 Å². The summed E-state index contributed by atoms with van der Waals surface area (Å²) in [5.41, 5.74) is -1.34. The molecule has 2 amide bonds. The first-order valence-electron chi connectivity index (χ1n) is 20.6. The van der Waals surface area contributed by atoms with Gasteiger partial charge in [-0.1, -0.05) is 18.2 Å². The highest BCUT2D eigenvalue weighted by Gasteiger charge is 2.50. The molecule has 16 heteroatoms. The number of anilines is 1. The lowest BCUT2D eigenvalue weighted by Crippen LogP contribution is -2.57. The Morgan fingerprint density at radius 2 is 1.88 bits per heavy atom. The number of nitrogens with one attached hydrogen (secondary N) is 1. The molecule has 12 nitrogen and oxygen atoms in total. The van der Waals surface area contributed by atoms with Gasteiger partial charge in [-0.15, -0.1) is 0 Å². The second-order valence-corrected chi connectivity index (χ2v) is 17.9. The van der Waals surface area contributed by atoms with E-state index >= 15 is 4.39 Å². The largest absolute Gasteiger partial charge is 0.461 e. The van der Waals surface area contributed by atoms with Crippen molar-refractivity contribution in [2.45, 2.75) is 107 Å². The van der Waals surface area contributed by atoms with Gasteiger partial charge in [0, 0.05) is 62.7 Å². The number of fused-ring (bicyclic) bond motifs is 7. The third-order valence-corrected chi connectivity index (χ3v) is 12.9. The van der Waals surface area contributed by atoms with E-state index in [0.717, 1.165) is 24.9 Å². The zero-order valence-corrected chi connectivity index (χ0v) is 33.6. The van der Waals surface area contributed by atoms with Crippen LogP contribution in [0.2, 0.25) is 0 Å². The second-order valence-electron chi connectivity index (χ2n) is 17.9. The average Bonchev–Trinajstić information content (AvgIpc) is 3.69. The van der Waals surface area contributed by atoms with Crippen molar-refractivity contribution in [1.29, 1.82) is 0 Å². The van der Waals surface area contributed by atoms with Gasteiger partial charge in [0.1, 0.15) is 35.6 Å². The Morgan fingerprint density at radius 1 is 1.05 bits per heavy atom. The van der Waals surface area contributed by atoms with Crippen LogP contribution in [0, 0.1) is 5.82 Å². The third-order valence-electron chi connectivity index (χ3n) is 12.9. The highest BCUT2D eigenvalue weighted by atomic mass is 19.3. The number of pyridine rings is 1. The highest BCUT2D eigenvalue weighted by molar-refractivity contribution is 6.02. The van der Waals surface area contributed by atoms with Crippen LogP contribution in [0.3, 0.4) is 0 Å². The van der Waals surface area contributed by atoms with Gasteiger partial charge in [0.15, 0.2) is 5.82 Å². The van der Waals surface area contributed by atoms with E-state index in [-0.39, 0.29) is 42.7 Å². The van der Waals surface area contributed by atoms with Crippen molar-refractivity contribution in [3.8, 4) is 23.0 Å². The number of rotatable bonds is 4. The molecular weight excluding hydrogens is 771 g/mol. The molecule has 0 saturated carbocycles. The third kappa shape index (κ3) is 7.46. The minimum Gasteiger partial charge on any atom is -0.461 e. The molecule has 0 spiro atoms. The summed E-state index contributed by atoms with van der Waals surface area (Å²) in [4.78, 5) is 46.5. The molecule has 4 fully saturated rings. The maximum Gasteiger partial charge on any atom is 0.415 e. The monoisotopic (exact) mass is 819 g/mol. The van der Waals surface area contributed by atoms with Crippen LogP contribution >= 0.6 is 0 Å². The first-order valence-corrected chi connectivity index (χ1v) is 20.6. The number of aryl methyl sites for hydroxylation is 1. The van der Waals surface area contributed by atoms with E-state index in [2.05, 4.69) is 15.2 Å². The summed E-state index contributed by atoms with van der Waals surface area (Å²) in [5.74, 6) is -3.20. The van der Waals surface area contributed by atoms with Crippen LogP contribution < -0.4 is 19.7 Å². The van der Waals surface area contributed by atoms with Crippen LogP contribution in [-0.4, -0.2) is 112 Å². The molecule has 6 aliphatic rings. The fourth-order valence-corrected chi connectivity index (χ4v) is 10.2. The number of piperidine rings is 2. The molecule has 2 aromatic carbocycles. The Kier molecular flexibility index (Phi) is 9.79. The molecule has 0 radical (unpaired) electrons. The van der Waals surface area contributed by atoms with Gasteiger partial charge in [0.2, 0.25) is 0 Å². The van der Waals surface area contributed by atoms with Crippen LogP contribution in [0.1, 0.15) is 77.7 Å². The number of hydrogen-bond donors (Lipinski definition) is 1. The molecule has 6 bridgehead atoms. The number of carbonyl (C=O) groups is 2. The smallest absolute Gasteiger partial charge is 0.415 e. The topological polar surface area (TPSA) is 122 Å². The van der Waals surface area contributed by atoms with Gasteiger partial charge < -0.3 is 29.3 Å². The van der Waals surface area contributed by atoms with Crippen LogP contribution in [0.15, 0.2) is 36.5 Å². The van der Waals surface area contributed by atoms with E-state index in [9.17, 15) is 22.8 Å². The Hall–Kier alpha value is -4.99. The molecule has 6 aliphatic heterocycles. The van der Waals surface area contributed by atoms with Crippen LogP contribution in [-0.2, 0) is 11.2 Å². The van der Waals surface area contributed by atoms with Gasteiger partial charge in [-0.2, -0.15) is 9.97 Å². The summed E-state index contributed by atoms with van der Waals surface area (Å²) < 4.78 is 79.0. The molecule has 3 atom stereocenters. The average molecular weight is 820 g/mol. The minimum atomic E-state index is -2.91. The summed E-state index contributed by atoms with van der Waals surface area (Å²) in [6.07, 6.45) is 2.53. The van der Waals surface area contributed by atoms with Crippen molar-refractivity contribution in [2.75, 3.05) is 50.8 Å². The zero-order valence-electron chi connectivity index (χ0n) is 33.6. The summed E-state index contributed by atoms with van der Waals surface area (Å²) >= 11 is 0. The van der Waals surface area contributed by atoms with Gasteiger partial charge in [0.05, 0.1) is 23.1 Å². The lowest BCUT2D eigenvalue weighted by Gasteiger charge is -2.44. The number of carbonyl (C=O) groups excluding carboxylic acids is 2. The van der Waals surface area contributed by atoms with Gasteiger partial charge in [-0.3, -0.25) is 9.88 Å². The van der Waals surface area contributed by atoms with Gasteiger partial charge >= 0.3 is 18.2 Å². The molecule has 0 unspecified atom stereocenters. The van der Waals surface area contributed by atoms with Crippen molar-refractivity contribution in [3.05, 3.63) is 47.9 Å². The Balaban J connectivity index is 1.18. The molecule has 4 saturated heterocycles. The molecule has 10 rings (SSSR count). The quantitative estimate of drug-likeness (QED) is 0.203. The predicted octanol–water partition coefficient (Wildman–Crippen LogP) is 7.98. The molecule has 59 heavy (non-hydrogen) atoms. The van der Waals surface area contributed by atoms with Crippen molar-refractivity contribution >= 4 is 39.7 Å². The molecule has 1 N–H and O–H groups in total. The van der Waals surface area contributed by atoms with Crippen LogP contribution in [0.25, 0.3) is 32.9 Å². The Bertz CT molecular complexity index is 2330. The number of alkyl carbamates (subject to hydrolysis) is 1. The van der Waals surface area contributed by atoms with Crippen molar-refractivity contribution in [1.82, 2.24) is 30.1 Å². The number of ether oxygens (including phenoxy) is 3. The van der Waals surface area contributed by atoms with E-state index in [1.807, 2.05) is 30.0 Å². The van der Waals surface area contributed by atoms with Crippen molar-refractivity contribution < 1.29 is 41.4 Å². The SMILES string of the molecule is CC1(C)CC(F)(F)CCN1C(=O)Oc1cc2c3c(cccc3c1)CCCOC(=O)N[C@]1(C)CCCN(C1)c1nc(OC[C@@]34CCCN3C[C@H](F)C4)nc3c(F)c-2ncc13. The first kappa shape index (κ1) is 39.5. The van der Waals surface area contributed by atoms with Gasteiger partial charge in [-0.05, 0) is 94.3 Å². The number of likely N-dealkylation sites (tertiary alicyclic amines) is 1. The summed E-state index contributed by atoms with van der Waals surface area (Å²) in [5, 5.41) is 4.65. The first-order chi connectivity index (χ1) is 28.1. The molecule has 8 heterocycles. The molecule has 4 aromatic rings. The van der Waals surface area contributed by atoms with Crippen molar-refractivity contribution in [3.63, 3.8) is 0 Å². The fourth-order valence-electron chi connectivity index (χ4n) is 10.2. The van der Waals surface area contributed by atoms with E-state index in [1.165, 1.54) is 11.1 Å². The number of nitrogens with zero attached hydrogens (tertiary/aromatic N) is 6. The van der Waals surface area contributed by atoms with Crippen LogP contribution in [0.4, 0.5) is 33.0 Å². The molecule has 0 aliphatic carbocycles. The summed E-state index contributed by atoms with van der Waals surface area (Å²) in [6.45, 7) is 7.17. The summed E-state index contributed by atoms with van der Waals surface area (Å²) in [6, 6.07) is 8.69. The maximum atomic E-state index is 17.6. The van der Waals surface area contributed by atoms with Gasteiger partial charge in [0.25, 0.3) is 5.92 Å². The minimum absolute atomic E-state index is 0.0430. The van der Waals surface area contributed by atoms with E-state index in [4.69, 9.17) is 24.2 Å². The standard InChI is InChI=1S/C43H49F4N7O5/c1-40(2)23-43(46,47)13-16-54(40)39(56)59-29-18-27-9-4-8-26-10-5-17-57-38(55)51-41(3)11-6-14-52(24-41)36-31-21-48-34(30(19-29)32(26)27)33(45)35(31)49-37(50-36)58-25-42-12-7-15-53(42)22-28(44)20-42/h4,8-9,18-19,21,28H,5-7,10-17,20,22-25H2,1-3H3,(H,51,55)/t28-,41-,42+/m1/s1. The number of alkyl halides is 3. The maximum absolute atomic E-state index is 17.6. The second kappa shape index (κ2) is 14.6. The van der Waals surface area contributed by atoms with E-state index in [0.29, 0.717) is 79.3 Å². The molecule has 2 aromatic heterocycles. The predicted molar refractivity (Wildman–Crippen MR) is 212 cm³/mol. The molecule has 314 valence electrons. The zero-order chi connectivity index (χ0) is 41.3. The number of aromatic nitrogens is 3. The number of benzene rings is 2. The highest BCUT2D eigenvalue weighted by Crippen LogP contribution is 2.43. The lowest BCUT2D eigenvalue weighted by atomic mass is 9.88. The Labute approximate surface area is 339 Å². The normalized spacial score (nSPS) is 26.8. The number of halogens is 4.